The van der Waals surface area contributed by atoms with Crippen LogP contribution in [0.25, 0.3) is 0 Å². The molecule has 1 saturated carbocycles. The molecule has 2 atom stereocenters. The van der Waals surface area contributed by atoms with Crippen LogP contribution < -0.4 is 5.32 Å². The molecule has 0 aromatic heterocycles. The molecular weight excluding hydrogens is 258 g/mol. The van der Waals surface area contributed by atoms with Gasteiger partial charge in [-0.1, -0.05) is 12.1 Å². The Hall–Kier alpha value is -1.88. The van der Waals surface area contributed by atoms with Gasteiger partial charge in [-0.05, 0) is 37.5 Å². The predicted molar refractivity (Wildman–Crippen MR) is 73.6 cm³/mol. The summed E-state index contributed by atoms with van der Waals surface area (Å²) in [6.45, 7) is 3.12. The lowest BCUT2D eigenvalue weighted by atomic mass is 10.1. The minimum atomic E-state index is -0.930. The summed E-state index contributed by atoms with van der Waals surface area (Å²) < 4.78 is 5.37. The van der Waals surface area contributed by atoms with Crippen LogP contribution in [0.5, 0.6) is 0 Å². The van der Waals surface area contributed by atoms with Gasteiger partial charge in [-0.2, -0.15) is 0 Å². The normalized spacial score (nSPS) is 20.4. The van der Waals surface area contributed by atoms with Crippen molar-refractivity contribution in [2.75, 3.05) is 13.2 Å². The molecule has 2 N–H and O–H groups in total. The molecule has 1 fully saturated rings. The summed E-state index contributed by atoms with van der Waals surface area (Å²) in [5, 5.41) is 11.7. The van der Waals surface area contributed by atoms with Crippen LogP contribution in [0.4, 0.5) is 0 Å². The van der Waals surface area contributed by atoms with Crippen LogP contribution in [0.1, 0.15) is 29.3 Å². The Morgan fingerprint density at radius 2 is 2.05 bits per heavy atom. The van der Waals surface area contributed by atoms with E-state index in [0.29, 0.717) is 19.6 Å². The van der Waals surface area contributed by atoms with Crippen molar-refractivity contribution in [3.8, 4) is 0 Å². The lowest BCUT2D eigenvalue weighted by molar-refractivity contribution is -0.123. The molecule has 1 aromatic carbocycles. The Balaban J connectivity index is 1.71. The summed E-state index contributed by atoms with van der Waals surface area (Å²) in [7, 11) is 0. The van der Waals surface area contributed by atoms with Crippen LogP contribution >= 0.6 is 0 Å². The number of aromatic carboxylic acids is 1. The Kier molecular flexibility index (Phi) is 4.74. The standard InChI is InChI=1S/C15H19NO4/c1-2-20-13-9-12(13)14(17)16-8-7-10-3-5-11(6-4-10)15(18)19/h3-6,12-13H,2,7-9H2,1H3,(H,16,17)(H,18,19). The maximum atomic E-state index is 11.8. The Bertz CT molecular complexity index is 483. The van der Waals surface area contributed by atoms with E-state index in [9.17, 15) is 9.59 Å². The lowest BCUT2D eigenvalue weighted by Crippen LogP contribution is -2.28. The van der Waals surface area contributed by atoms with E-state index in [4.69, 9.17) is 9.84 Å². The third-order valence-corrected chi connectivity index (χ3v) is 3.36. The molecule has 2 rings (SSSR count). The minimum absolute atomic E-state index is 0.00402. The van der Waals surface area contributed by atoms with E-state index in [0.717, 1.165) is 12.0 Å². The van der Waals surface area contributed by atoms with Gasteiger partial charge < -0.3 is 15.2 Å². The zero-order valence-electron chi connectivity index (χ0n) is 11.5. The van der Waals surface area contributed by atoms with Gasteiger partial charge in [0, 0.05) is 13.2 Å². The number of amides is 1. The zero-order chi connectivity index (χ0) is 14.5. The minimum Gasteiger partial charge on any atom is -0.478 e. The lowest BCUT2D eigenvalue weighted by Gasteiger charge is -2.05. The van der Waals surface area contributed by atoms with E-state index in [-0.39, 0.29) is 23.5 Å². The van der Waals surface area contributed by atoms with Crippen molar-refractivity contribution in [1.29, 1.82) is 0 Å². The highest BCUT2D eigenvalue weighted by atomic mass is 16.5. The molecule has 108 valence electrons. The van der Waals surface area contributed by atoms with Crippen LogP contribution in [0.15, 0.2) is 24.3 Å². The number of carbonyl (C=O) groups excluding carboxylic acids is 1. The van der Waals surface area contributed by atoms with E-state index in [1.807, 2.05) is 6.92 Å². The van der Waals surface area contributed by atoms with E-state index in [2.05, 4.69) is 5.32 Å². The molecule has 1 aliphatic rings. The first kappa shape index (κ1) is 14.5. The number of carbonyl (C=O) groups is 2. The molecule has 5 nitrogen and oxygen atoms in total. The molecule has 2 unspecified atom stereocenters. The molecule has 0 aliphatic heterocycles. The van der Waals surface area contributed by atoms with Gasteiger partial charge in [0.1, 0.15) is 0 Å². The molecule has 0 saturated heterocycles. The smallest absolute Gasteiger partial charge is 0.335 e. The number of hydrogen-bond donors (Lipinski definition) is 2. The van der Waals surface area contributed by atoms with E-state index in [1.54, 1.807) is 24.3 Å². The molecule has 0 radical (unpaired) electrons. The molecule has 0 heterocycles. The first-order chi connectivity index (χ1) is 9.61. The van der Waals surface area contributed by atoms with Crippen molar-refractivity contribution in [3.63, 3.8) is 0 Å². The Morgan fingerprint density at radius 1 is 1.35 bits per heavy atom. The van der Waals surface area contributed by atoms with Gasteiger partial charge in [-0.15, -0.1) is 0 Å². The van der Waals surface area contributed by atoms with Gasteiger partial charge in [0.2, 0.25) is 5.91 Å². The van der Waals surface area contributed by atoms with Crippen LogP contribution in [-0.2, 0) is 16.0 Å². The zero-order valence-corrected chi connectivity index (χ0v) is 11.5. The second-order valence-corrected chi connectivity index (χ2v) is 4.88. The van der Waals surface area contributed by atoms with Crippen molar-refractivity contribution in [3.05, 3.63) is 35.4 Å². The summed E-state index contributed by atoms with van der Waals surface area (Å²) in [5.41, 5.74) is 1.28. The van der Waals surface area contributed by atoms with Crippen LogP contribution in [0.3, 0.4) is 0 Å². The summed E-state index contributed by atoms with van der Waals surface area (Å²) in [5.74, 6) is -0.879. The first-order valence-electron chi connectivity index (χ1n) is 6.83. The fourth-order valence-electron chi connectivity index (χ4n) is 2.12. The number of nitrogens with one attached hydrogen (secondary N) is 1. The van der Waals surface area contributed by atoms with Crippen LogP contribution in [0.2, 0.25) is 0 Å². The number of hydrogen-bond acceptors (Lipinski definition) is 3. The van der Waals surface area contributed by atoms with E-state index in [1.165, 1.54) is 0 Å². The average molecular weight is 277 g/mol. The summed E-state index contributed by atoms with van der Waals surface area (Å²) in [6, 6.07) is 6.70. The van der Waals surface area contributed by atoms with Gasteiger partial charge >= 0.3 is 5.97 Å². The summed E-state index contributed by atoms with van der Waals surface area (Å²) in [6.07, 6.45) is 1.60. The topological polar surface area (TPSA) is 75.6 Å². The van der Waals surface area contributed by atoms with Gasteiger partial charge in [0.15, 0.2) is 0 Å². The highest BCUT2D eigenvalue weighted by molar-refractivity contribution is 5.87. The van der Waals surface area contributed by atoms with Crippen molar-refractivity contribution in [2.24, 2.45) is 5.92 Å². The fraction of sp³-hybridized carbons (Fsp3) is 0.467. The highest BCUT2D eigenvalue weighted by Gasteiger charge is 2.43. The molecular formula is C15H19NO4. The summed E-state index contributed by atoms with van der Waals surface area (Å²) in [4.78, 5) is 22.5. The second-order valence-electron chi connectivity index (χ2n) is 4.88. The van der Waals surface area contributed by atoms with Crippen molar-refractivity contribution in [1.82, 2.24) is 5.32 Å². The fourth-order valence-corrected chi connectivity index (χ4v) is 2.12. The Labute approximate surface area is 117 Å². The van der Waals surface area contributed by atoms with Crippen molar-refractivity contribution >= 4 is 11.9 Å². The molecule has 1 aromatic rings. The third-order valence-electron chi connectivity index (χ3n) is 3.36. The van der Waals surface area contributed by atoms with Gasteiger partial charge in [0.05, 0.1) is 17.6 Å². The maximum Gasteiger partial charge on any atom is 0.335 e. The highest BCUT2D eigenvalue weighted by Crippen LogP contribution is 2.33. The Morgan fingerprint density at radius 3 is 2.65 bits per heavy atom. The third kappa shape index (κ3) is 3.81. The van der Waals surface area contributed by atoms with Gasteiger partial charge in [0.25, 0.3) is 0 Å². The number of ether oxygens (including phenoxy) is 1. The summed E-state index contributed by atoms with van der Waals surface area (Å²) >= 11 is 0. The van der Waals surface area contributed by atoms with E-state index >= 15 is 0 Å². The van der Waals surface area contributed by atoms with Crippen molar-refractivity contribution < 1.29 is 19.4 Å². The first-order valence-corrected chi connectivity index (χ1v) is 6.83. The SMILES string of the molecule is CCOC1CC1C(=O)NCCc1ccc(C(=O)O)cc1. The van der Waals surface area contributed by atoms with Crippen LogP contribution in [-0.4, -0.2) is 36.2 Å². The van der Waals surface area contributed by atoms with Gasteiger partial charge in [-0.25, -0.2) is 4.79 Å². The monoisotopic (exact) mass is 277 g/mol. The quantitative estimate of drug-likeness (QED) is 0.791. The molecule has 20 heavy (non-hydrogen) atoms. The largest absolute Gasteiger partial charge is 0.478 e. The van der Waals surface area contributed by atoms with Crippen LogP contribution in [0, 0.1) is 5.92 Å². The number of carboxylic acids is 1. The average Bonchev–Trinajstić information content (AvgIpc) is 3.19. The number of carboxylic acid groups (broad SMARTS) is 1. The number of rotatable bonds is 7. The molecule has 0 bridgehead atoms. The van der Waals surface area contributed by atoms with Crippen molar-refractivity contribution in [2.45, 2.75) is 25.9 Å². The predicted octanol–water partition coefficient (Wildman–Crippen LogP) is 1.47. The maximum absolute atomic E-state index is 11.8. The molecule has 1 aliphatic carbocycles. The van der Waals surface area contributed by atoms with E-state index < -0.39 is 5.97 Å². The second kappa shape index (κ2) is 6.52. The number of benzene rings is 1. The van der Waals surface area contributed by atoms with Gasteiger partial charge in [-0.3, -0.25) is 4.79 Å². The molecule has 0 spiro atoms. The molecule has 1 amide bonds. The molecule has 5 heteroatoms.